The fourth-order valence-electron chi connectivity index (χ4n) is 9.18. The van der Waals surface area contributed by atoms with Gasteiger partial charge >= 0.3 is 0 Å². The quantitative estimate of drug-likeness (QED) is 0.0606. The number of carbonyl (C=O) groups excluding carboxylic acids is 2. The molecule has 0 spiro atoms. The fourth-order valence-corrected chi connectivity index (χ4v) is 9.18. The van der Waals surface area contributed by atoms with Crippen molar-refractivity contribution in [2.45, 2.75) is 198 Å². The van der Waals surface area contributed by atoms with Crippen LogP contribution in [-0.4, -0.2) is 327 Å². The maximum Gasteiger partial charge on any atom is 0.217 e. The molecule has 73 heavy (non-hydrogen) atoms. The van der Waals surface area contributed by atoms with E-state index in [-0.39, 0.29) is 0 Å². The van der Waals surface area contributed by atoms with Crippen LogP contribution in [0.15, 0.2) is 0 Å². The molecule has 0 radical (unpaired) electrons. The third-order valence-corrected chi connectivity index (χ3v) is 13.2. The summed E-state index contributed by atoms with van der Waals surface area (Å²) in [6.07, 6.45) is -53.2. The number of aliphatic hydroxyl groups excluding tert-OH is 18. The van der Waals surface area contributed by atoms with E-state index in [0.717, 1.165) is 13.8 Å². The fraction of sp³-hybridized carbons (Fsp3) is 0.950. The van der Waals surface area contributed by atoms with Crippen LogP contribution in [-0.2, 0) is 61.7 Å². The Morgan fingerprint density at radius 1 is 0.356 bits per heavy atom. The second-order valence-electron chi connectivity index (χ2n) is 18.3. The van der Waals surface area contributed by atoms with Crippen molar-refractivity contribution in [1.82, 2.24) is 10.6 Å². The minimum absolute atomic E-state index is 0.767. The van der Waals surface area contributed by atoms with Crippen molar-refractivity contribution in [3.05, 3.63) is 0 Å². The van der Waals surface area contributed by atoms with E-state index in [1.807, 2.05) is 0 Å². The van der Waals surface area contributed by atoms with E-state index in [1.54, 1.807) is 0 Å². The number of hydrogen-bond donors (Lipinski definition) is 20. The molecule has 33 nitrogen and oxygen atoms in total. The van der Waals surface area contributed by atoms with Crippen LogP contribution in [0.1, 0.15) is 13.8 Å². The largest absolute Gasteiger partial charge is 0.394 e. The van der Waals surface area contributed by atoms with E-state index < -0.39 is 236 Å². The molecule has 0 unspecified atom stereocenters. The third-order valence-electron chi connectivity index (χ3n) is 13.2. The minimum atomic E-state index is -2.25. The second kappa shape index (κ2) is 26.0. The zero-order valence-corrected chi connectivity index (χ0v) is 38.9. The lowest BCUT2D eigenvalue weighted by Gasteiger charge is -2.49. The molecule has 6 rings (SSSR count). The molecular formula is C40H68N2O31. The predicted molar refractivity (Wildman–Crippen MR) is 222 cm³/mol. The van der Waals surface area contributed by atoms with Gasteiger partial charge in [-0.05, 0) is 0 Å². The van der Waals surface area contributed by atoms with E-state index in [9.17, 15) is 102 Å². The van der Waals surface area contributed by atoms with Crippen LogP contribution >= 0.6 is 0 Å². The molecule has 20 N–H and O–H groups in total. The van der Waals surface area contributed by atoms with Gasteiger partial charge in [-0.15, -0.1) is 0 Å². The molecule has 0 aromatic heterocycles. The monoisotopic (exact) mass is 1070 g/mol. The van der Waals surface area contributed by atoms with Gasteiger partial charge in [0.25, 0.3) is 0 Å². The Bertz CT molecular complexity index is 1750. The van der Waals surface area contributed by atoms with Crippen molar-refractivity contribution < 1.29 is 154 Å². The topological polar surface area (TPSA) is 524 Å². The molecule has 6 fully saturated rings. The van der Waals surface area contributed by atoms with Crippen molar-refractivity contribution in [2.24, 2.45) is 0 Å². The van der Waals surface area contributed by atoms with E-state index in [0.29, 0.717) is 0 Å². The van der Waals surface area contributed by atoms with Crippen molar-refractivity contribution in [2.75, 3.05) is 39.6 Å². The molecule has 6 aliphatic rings. The van der Waals surface area contributed by atoms with Gasteiger partial charge in [-0.1, -0.05) is 0 Å². The standard InChI is InChI=1S/C40H68N2O31/c1-9(48)41-17-24(55)19(50)11(3-43)65-36(17)73-34-28(59)22(53)14(6-46)68-40(34)71-32-23(54)16(64-35(62)30(32)61)8-63-39-33(27(58)21(52)13(5-45)67-39)72-37-18(42-10(2)49)25(56)31(15(7-47)69-37)70-38-29(60)26(57)20(51)12(4-44)66-38/h11-40,43-47,50-62H,3-8H2,1-2H3,(H,41,48)(H,42,49)/t11-,12-,13-,14-,15-,16-,17-,18-,19-,20+,21-,22-,23-,24-,25-,26+,27+,28+,29-,30+,31-,32+,33+,34+,35-,36+,37+,38+,39+,40-/m1/s1. The Labute approximate surface area is 413 Å². The highest BCUT2D eigenvalue weighted by Gasteiger charge is 2.57. The molecule has 0 aromatic carbocycles. The summed E-state index contributed by atoms with van der Waals surface area (Å²) in [7, 11) is 0. The van der Waals surface area contributed by atoms with E-state index >= 15 is 0 Å². The number of hydrogen-bond acceptors (Lipinski definition) is 31. The van der Waals surface area contributed by atoms with Crippen LogP contribution in [0.25, 0.3) is 0 Å². The SMILES string of the molecule is CC(=O)N[C@H]1[C@H](O[C@@H]2[C@@H](OC[C@H]3O[C@@H](O)[C@@H](O)[C@@H](O[C@H]4O[C@H](CO)[C@@H](O)[C@H](O)[C@@H]4O[C@@H]4O[C@H](CO)[C@@H](O)[C@H](O)[C@H]4NC(C)=O)[C@@H]3O)O[C@H](CO)[C@@H](O)[C@@H]2O)O[C@H](CO)[C@@H](O[C@@H]2O[C@H](CO)[C@H](O)[C@H](O)[C@H]2O)[C@@H]1O. The van der Waals surface area contributed by atoms with Gasteiger partial charge in [0.15, 0.2) is 37.7 Å². The number of ether oxygens (including phenoxy) is 11. The van der Waals surface area contributed by atoms with Crippen molar-refractivity contribution >= 4 is 11.8 Å². The van der Waals surface area contributed by atoms with Crippen LogP contribution < -0.4 is 10.6 Å². The highest BCUT2D eigenvalue weighted by Crippen LogP contribution is 2.36. The van der Waals surface area contributed by atoms with Gasteiger partial charge < -0.3 is 155 Å². The average molecular weight is 1070 g/mol. The molecule has 0 saturated carbocycles. The lowest BCUT2D eigenvalue weighted by Crippen LogP contribution is -2.69. The average Bonchev–Trinajstić information content (AvgIpc) is 3.35. The number of rotatable bonds is 18. The third kappa shape index (κ3) is 13.0. The smallest absolute Gasteiger partial charge is 0.217 e. The van der Waals surface area contributed by atoms with Crippen molar-refractivity contribution in [3.8, 4) is 0 Å². The Morgan fingerprint density at radius 3 is 1.23 bits per heavy atom. The molecule has 33 heteroatoms. The Hall–Kier alpha value is -2.22. The van der Waals surface area contributed by atoms with Gasteiger partial charge in [-0.2, -0.15) is 0 Å². The predicted octanol–water partition coefficient (Wildman–Crippen LogP) is -13.8. The number of aliphatic hydroxyl groups is 18. The molecular weight excluding hydrogens is 1000 g/mol. The molecule has 6 aliphatic heterocycles. The first-order chi connectivity index (χ1) is 34.5. The Morgan fingerprint density at radius 2 is 0.740 bits per heavy atom. The highest BCUT2D eigenvalue weighted by molar-refractivity contribution is 5.73. The Kier molecular flexibility index (Phi) is 21.3. The van der Waals surface area contributed by atoms with E-state index in [4.69, 9.17) is 52.1 Å². The number of nitrogens with one attached hydrogen (secondary N) is 2. The van der Waals surface area contributed by atoms with Crippen LogP contribution in [0.2, 0.25) is 0 Å². The maximum atomic E-state index is 12.5. The number of carbonyl (C=O) groups is 2. The van der Waals surface area contributed by atoms with Crippen LogP contribution in [0.3, 0.4) is 0 Å². The first-order valence-corrected chi connectivity index (χ1v) is 23.1. The first-order valence-electron chi connectivity index (χ1n) is 23.1. The number of amides is 2. The summed E-state index contributed by atoms with van der Waals surface area (Å²) < 4.78 is 62.7. The van der Waals surface area contributed by atoms with Gasteiger partial charge in [-0.3, -0.25) is 9.59 Å². The van der Waals surface area contributed by atoms with Crippen molar-refractivity contribution in [3.63, 3.8) is 0 Å². The molecule has 424 valence electrons. The molecule has 6 saturated heterocycles. The van der Waals surface area contributed by atoms with E-state index in [2.05, 4.69) is 10.6 Å². The van der Waals surface area contributed by atoms with Crippen LogP contribution in [0.4, 0.5) is 0 Å². The van der Waals surface area contributed by atoms with Gasteiger partial charge in [0.2, 0.25) is 11.8 Å². The zero-order valence-electron chi connectivity index (χ0n) is 38.9. The summed E-state index contributed by atoms with van der Waals surface area (Å²) in [5, 5.41) is 196. The van der Waals surface area contributed by atoms with Crippen LogP contribution in [0.5, 0.6) is 0 Å². The second-order valence-corrected chi connectivity index (χ2v) is 18.3. The van der Waals surface area contributed by atoms with Gasteiger partial charge in [0.1, 0.15) is 146 Å². The van der Waals surface area contributed by atoms with Crippen molar-refractivity contribution in [1.29, 1.82) is 0 Å². The summed E-state index contributed by atoms with van der Waals surface area (Å²) in [5.41, 5.74) is 0. The lowest BCUT2D eigenvalue weighted by molar-refractivity contribution is -0.386. The maximum absolute atomic E-state index is 12.5. The zero-order chi connectivity index (χ0) is 53.9. The van der Waals surface area contributed by atoms with Gasteiger partial charge in [-0.25, -0.2) is 0 Å². The summed E-state index contributed by atoms with van der Waals surface area (Å²) >= 11 is 0. The molecule has 0 aliphatic carbocycles. The summed E-state index contributed by atoms with van der Waals surface area (Å²) in [6.45, 7) is -3.56. The summed E-state index contributed by atoms with van der Waals surface area (Å²) in [4.78, 5) is 24.5. The molecule has 0 bridgehead atoms. The highest BCUT2D eigenvalue weighted by atomic mass is 16.8. The van der Waals surface area contributed by atoms with Gasteiger partial charge in [0, 0.05) is 13.8 Å². The molecule has 6 heterocycles. The molecule has 2 amide bonds. The van der Waals surface area contributed by atoms with E-state index in [1.165, 1.54) is 0 Å². The lowest BCUT2D eigenvalue weighted by atomic mass is 9.94. The Balaban J connectivity index is 1.21. The minimum Gasteiger partial charge on any atom is -0.394 e. The molecule has 30 atom stereocenters. The molecule has 0 aromatic rings. The first kappa shape index (κ1) is 60.0. The summed E-state index contributed by atoms with van der Waals surface area (Å²) in [6, 6.07) is -3.35. The van der Waals surface area contributed by atoms with Gasteiger partial charge in [0.05, 0.1) is 39.6 Å². The van der Waals surface area contributed by atoms with Crippen LogP contribution in [0, 0.1) is 0 Å². The summed E-state index contributed by atoms with van der Waals surface area (Å²) in [5.74, 6) is -1.60. The normalized spacial score (nSPS) is 49.8.